The number of hydrogen-bond acceptors (Lipinski definition) is 2. The average molecular weight is 1020 g/mol. The summed E-state index contributed by atoms with van der Waals surface area (Å²) in [5, 5.41) is 1.16. The van der Waals surface area contributed by atoms with E-state index in [0.29, 0.717) is 10.8 Å². The fraction of sp³-hybridized carbons (Fsp3) is 0.138. The van der Waals surface area contributed by atoms with Gasteiger partial charge >= 0.3 is 12.7 Å². The largest absolute Gasteiger partial charge is 0.573 e. The molecule has 0 amide bonds. The molecule has 0 aliphatic rings. The molecule has 0 aliphatic carbocycles. The summed E-state index contributed by atoms with van der Waals surface area (Å²) >= 11 is 0. The summed E-state index contributed by atoms with van der Waals surface area (Å²) in [5.74, 6) is -3.71. The van der Waals surface area contributed by atoms with E-state index >= 15 is 0 Å². The number of benzene rings is 10. The Morgan fingerprint density at radius 1 is 0.320 bits per heavy atom. The molecule has 10 rings (SSSR count). The van der Waals surface area contributed by atoms with Crippen molar-refractivity contribution in [1.29, 1.82) is 0 Å². The first-order chi connectivity index (χ1) is 36.1. The summed E-state index contributed by atoms with van der Waals surface area (Å²) in [6.07, 6.45) is -4.26. The molecule has 0 bridgehead atoms. The molecule has 0 radical (unpaired) electrons. The van der Waals surface area contributed by atoms with Gasteiger partial charge in [-0.05, 0) is 121 Å². The fourth-order valence-electron chi connectivity index (χ4n) is 8.68. The van der Waals surface area contributed by atoms with E-state index < -0.39 is 35.9 Å². The summed E-state index contributed by atoms with van der Waals surface area (Å²) in [7, 11) is 0. The lowest BCUT2D eigenvalue weighted by molar-refractivity contribution is -0.276. The zero-order chi connectivity index (χ0) is 53.0. The number of rotatable bonds is 12. The Balaban J connectivity index is 0.000000163. The maximum Gasteiger partial charge on any atom is 0.573 e. The molecule has 0 unspecified atom stereocenters. The molecule has 0 fully saturated rings. The van der Waals surface area contributed by atoms with Gasteiger partial charge in [0.1, 0.15) is 0 Å². The van der Waals surface area contributed by atoms with Crippen LogP contribution in [0.25, 0.3) is 77.2 Å². The first-order valence-corrected chi connectivity index (χ1v) is 24.6. The van der Waals surface area contributed by atoms with Gasteiger partial charge in [-0.25, -0.2) is 8.78 Å². The highest BCUT2D eigenvalue weighted by Crippen LogP contribution is 2.36. The van der Waals surface area contributed by atoms with E-state index in [2.05, 4.69) is 120 Å². The van der Waals surface area contributed by atoms with Gasteiger partial charge in [-0.1, -0.05) is 221 Å². The third-order valence-corrected chi connectivity index (χ3v) is 12.5. The van der Waals surface area contributed by atoms with Gasteiger partial charge in [0.15, 0.2) is 23.1 Å². The van der Waals surface area contributed by atoms with E-state index in [-0.39, 0.29) is 10.8 Å². The fourth-order valence-corrected chi connectivity index (χ4v) is 8.68. The lowest BCUT2D eigenvalue weighted by atomic mass is 9.97. The molecule has 10 aromatic carbocycles. The van der Waals surface area contributed by atoms with Gasteiger partial charge < -0.3 is 9.47 Å². The van der Waals surface area contributed by atoms with Crippen LogP contribution in [-0.2, 0) is 12.8 Å². The minimum atomic E-state index is -4.94. The number of unbranched alkanes of at least 4 members (excludes halogenated alkanes) is 1. The van der Waals surface area contributed by atoms with Crippen LogP contribution >= 0.6 is 0 Å². The van der Waals surface area contributed by atoms with Crippen LogP contribution in [-0.4, -0.2) is 12.7 Å². The molecule has 0 saturated heterocycles. The quantitative estimate of drug-likeness (QED) is 0.114. The summed E-state index contributed by atoms with van der Waals surface area (Å²) in [5.41, 5.74) is 13.2. The van der Waals surface area contributed by atoms with Crippen molar-refractivity contribution in [2.75, 3.05) is 0 Å². The van der Waals surface area contributed by atoms with Gasteiger partial charge in [-0.2, -0.15) is 0 Å². The Labute approximate surface area is 431 Å². The smallest absolute Gasteiger partial charge is 0.403 e. The SMILES string of the molecule is CCCCc1ccc(-c2ccc(-c3ccc4c(F)c(OC(F)(F)F)ccc4c3)cc2)cc1.CCCc1ccc(-c2ccc(-c3ccc4c(F)c(OC(F)(F)F)ccc4c3)cc2)cc1.c1ccc(-c2ccccc2)cc1. The summed E-state index contributed by atoms with van der Waals surface area (Å²) < 4.78 is 111. The Kier molecular flexibility index (Phi) is 17.1. The highest BCUT2D eigenvalue weighted by atomic mass is 19.4. The molecule has 0 heterocycles. The maximum atomic E-state index is 14.4. The third kappa shape index (κ3) is 14.3. The lowest BCUT2D eigenvalue weighted by Crippen LogP contribution is -2.18. The van der Waals surface area contributed by atoms with E-state index in [1.165, 1.54) is 59.4 Å². The molecule has 2 nitrogen and oxygen atoms in total. The van der Waals surface area contributed by atoms with Crippen molar-refractivity contribution in [3.05, 3.63) is 241 Å². The van der Waals surface area contributed by atoms with Crippen LogP contribution in [0.2, 0.25) is 0 Å². The summed E-state index contributed by atoms with van der Waals surface area (Å²) in [6, 6.07) is 68.6. The number of alkyl halides is 6. The minimum Gasteiger partial charge on any atom is -0.403 e. The molecule has 0 N–H and O–H groups in total. The van der Waals surface area contributed by atoms with E-state index in [0.717, 1.165) is 75.9 Å². The van der Waals surface area contributed by atoms with Gasteiger partial charge in [-0.15, -0.1) is 26.3 Å². The van der Waals surface area contributed by atoms with Gasteiger partial charge in [-0.3, -0.25) is 0 Å². The van der Waals surface area contributed by atoms with Crippen molar-refractivity contribution in [2.45, 2.75) is 58.7 Å². The molecule has 0 atom stereocenters. The van der Waals surface area contributed by atoms with Crippen LogP contribution in [0.5, 0.6) is 11.5 Å². The maximum absolute atomic E-state index is 14.4. The number of aryl methyl sites for hydroxylation is 2. The average Bonchev–Trinajstić information content (AvgIpc) is 3.42. The first-order valence-electron chi connectivity index (χ1n) is 24.6. The van der Waals surface area contributed by atoms with Crippen molar-refractivity contribution < 1.29 is 44.6 Å². The minimum absolute atomic E-state index is 0.0780. The second-order valence-corrected chi connectivity index (χ2v) is 17.9. The standard InChI is InChI=1S/C27H22F4O.C26H20F4O.C12H10/c1-2-3-4-18-5-7-19(8-6-18)20-9-11-21(12-10-20)22-13-15-24-23(17-22)14-16-25(26(24)28)32-27(29,30)31;1-2-3-17-4-6-18(7-5-17)19-8-10-20(11-9-19)21-12-14-23-22(16-21)13-15-24(25(23)27)31-26(28,29)30;1-3-7-11(8-4-1)12-9-5-2-6-10-12/h5-17H,2-4H2,1H3;4-16H,2-3H2,1H3;1-10H. The molecular formula is C65H52F8O2. The molecule has 0 saturated carbocycles. The van der Waals surface area contributed by atoms with Crippen LogP contribution in [0.15, 0.2) is 218 Å². The second-order valence-electron chi connectivity index (χ2n) is 17.9. The first kappa shape index (κ1) is 53.1. The predicted molar refractivity (Wildman–Crippen MR) is 287 cm³/mol. The molecule has 10 heteroatoms. The molecule has 0 spiro atoms. The molecular weight excluding hydrogens is 965 g/mol. The van der Waals surface area contributed by atoms with E-state index in [4.69, 9.17) is 0 Å². The van der Waals surface area contributed by atoms with Crippen molar-refractivity contribution in [1.82, 2.24) is 0 Å². The molecule has 75 heavy (non-hydrogen) atoms. The van der Waals surface area contributed by atoms with Crippen LogP contribution in [0.4, 0.5) is 35.1 Å². The van der Waals surface area contributed by atoms with Crippen LogP contribution in [0.1, 0.15) is 44.2 Å². The number of fused-ring (bicyclic) bond motifs is 2. The molecule has 10 aromatic rings. The lowest BCUT2D eigenvalue weighted by Gasteiger charge is -2.12. The van der Waals surface area contributed by atoms with E-state index in [1.54, 1.807) is 24.3 Å². The van der Waals surface area contributed by atoms with Gasteiger partial charge in [0.25, 0.3) is 0 Å². The predicted octanol–water partition coefficient (Wildman–Crippen LogP) is 20.1. The van der Waals surface area contributed by atoms with Crippen molar-refractivity contribution in [2.24, 2.45) is 0 Å². The Bertz CT molecular complexity index is 3390. The molecule has 0 aliphatic heterocycles. The van der Waals surface area contributed by atoms with Crippen molar-refractivity contribution in [3.8, 4) is 67.1 Å². The van der Waals surface area contributed by atoms with Crippen LogP contribution in [0.3, 0.4) is 0 Å². The monoisotopic (exact) mass is 1020 g/mol. The zero-order valence-electron chi connectivity index (χ0n) is 41.2. The summed E-state index contributed by atoms with van der Waals surface area (Å²) in [4.78, 5) is 0. The Morgan fingerprint density at radius 3 is 0.960 bits per heavy atom. The van der Waals surface area contributed by atoms with Gasteiger partial charge in [0.05, 0.1) is 0 Å². The molecule has 0 aromatic heterocycles. The topological polar surface area (TPSA) is 18.5 Å². The number of ether oxygens (including phenoxy) is 2. The third-order valence-electron chi connectivity index (χ3n) is 12.5. The second kappa shape index (κ2) is 24.2. The number of halogens is 8. The Morgan fingerprint density at radius 2 is 0.627 bits per heavy atom. The highest BCUT2D eigenvalue weighted by Gasteiger charge is 2.33. The number of hydrogen-bond donors (Lipinski definition) is 0. The van der Waals surface area contributed by atoms with E-state index in [9.17, 15) is 35.1 Å². The van der Waals surface area contributed by atoms with Crippen molar-refractivity contribution in [3.63, 3.8) is 0 Å². The van der Waals surface area contributed by atoms with Crippen molar-refractivity contribution >= 4 is 21.5 Å². The normalized spacial score (nSPS) is 11.3. The van der Waals surface area contributed by atoms with E-state index in [1.807, 2.05) is 60.7 Å². The zero-order valence-corrected chi connectivity index (χ0v) is 41.2. The molecule has 380 valence electrons. The van der Waals surface area contributed by atoms with Crippen LogP contribution in [0, 0.1) is 11.6 Å². The summed E-state index contributed by atoms with van der Waals surface area (Å²) in [6.45, 7) is 4.34. The van der Waals surface area contributed by atoms with Gasteiger partial charge in [0.2, 0.25) is 0 Å². The van der Waals surface area contributed by atoms with Crippen LogP contribution < -0.4 is 9.47 Å². The Hall–Kier alpha value is -8.24. The van der Waals surface area contributed by atoms with Gasteiger partial charge in [0, 0.05) is 10.8 Å². The highest BCUT2D eigenvalue weighted by molar-refractivity contribution is 5.90.